The second-order valence-corrected chi connectivity index (χ2v) is 5.91. The van der Waals surface area contributed by atoms with E-state index in [0.717, 1.165) is 17.0 Å². The fraction of sp³-hybridized carbons (Fsp3) is 0.0500. The molecule has 2 heterocycles. The van der Waals surface area contributed by atoms with Gasteiger partial charge in [0.15, 0.2) is 0 Å². The van der Waals surface area contributed by atoms with Crippen LogP contribution in [0.15, 0.2) is 67.0 Å². The molecule has 4 aromatic rings. The number of halogens is 1. The van der Waals surface area contributed by atoms with Crippen LogP contribution >= 0.6 is 0 Å². The van der Waals surface area contributed by atoms with E-state index in [-0.39, 0.29) is 5.56 Å². The van der Waals surface area contributed by atoms with Crippen LogP contribution in [0.25, 0.3) is 17.0 Å². The standard InChI is InChI=1S/C20H15FN4O/c1-13-10-11-25-12-18(24-20(25)22-13)14-6-8-15(9-7-14)23-19(26)16-4-2-3-5-17(16)21/h2-12H,1H3,(H,23,26). The maximum Gasteiger partial charge on any atom is 0.258 e. The summed E-state index contributed by atoms with van der Waals surface area (Å²) in [6.07, 6.45) is 3.81. The van der Waals surface area contributed by atoms with Crippen LogP contribution in [0, 0.1) is 12.7 Å². The molecule has 1 N–H and O–H groups in total. The number of hydrogen-bond acceptors (Lipinski definition) is 3. The summed E-state index contributed by atoms with van der Waals surface area (Å²) >= 11 is 0. The van der Waals surface area contributed by atoms with Crippen LogP contribution in [-0.2, 0) is 0 Å². The minimum Gasteiger partial charge on any atom is -0.322 e. The number of imidazole rings is 1. The highest BCUT2D eigenvalue weighted by Gasteiger charge is 2.11. The van der Waals surface area contributed by atoms with Crippen molar-refractivity contribution >= 4 is 17.4 Å². The monoisotopic (exact) mass is 346 g/mol. The zero-order chi connectivity index (χ0) is 18.1. The Bertz CT molecular complexity index is 1100. The maximum atomic E-state index is 13.7. The van der Waals surface area contributed by atoms with Crippen molar-refractivity contribution in [3.05, 3.63) is 84.1 Å². The second kappa shape index (κ2) is 6.40. The minimum atomic E-state index is -0.547. The van der Waals surface area contributed by atoms with E-state index in [1.165, 1.54) is 12.1 Å². The molecular weight excluding hydrogens is 331 g/mol. The van der Waals surface area contributed by atoms with Crippen molar-refractivity contribution in [2.45, 2.75) is 6.92 Å². The van der Waals surface area contributed by atoms with E-state index >= 15 is 0 Å². The number of hydrogen-bond donors (Lipinski definition) is 1. The predicted molar refractivity (Wildman–Crippen MR) is 97.5 cm³/mol. The number of nitrogens with zero attached hydrogens (tertiary/aromatic N) is 3. The number of nitrogens with one attached hydrogen (secondary N) is 1. The van der Waals surface area contributed by atoms with Crippen LogP contribution in [0.5, 0.6) is 0 Å². The van der Waals surface area contributed by atoms with Gasteiger partial charge in [0.2, 0.25) is 5.78 Å². The third kappa shape index (κ3) is 3.04. The Hall–Kier alpha value is -3.54. The van der Waals surface area contributed by atoms with Crippen molar-refractivity contribution < 1.29 is 9.18 Å². The molecule has 128 valence electrons. The lowest BCUT2D eigenvalue weighted by Crippen LogP contribution is -2.13. The van der Waals surface area contributed by atoms with E-state index in [4.69, 9.17) is 0 Å². The summed E-state index contributed by atoms with van der Waals surface area (Å²) in [6, 6.07) is 15.0. The van der Waals surface area contributed by atoms with Gasteiger partial charge in [-0.3, -0.25) is 9.20 Å². The van der Waals surface area contributed by atoms with Gasteiger partial charge in [-0.15, -0.1) is 0 Å². The fourth-order valence-corrected chi connectivity index (χ4v) is 2.67. The minimum absolute atomic E-state index is 0.0124. The number of amides is 1. The highest BCUT2D eigenvalue weighted by Crippen LogP contribution is 2.21. The molecule has 0 atom stereocenters. The van der Waals surface area contributed by atoms with Crippen LogP contribution in [-0.4, -0.2) is 20.3 Å². The first-order chi connectivity index (χ1) is 12.6. The molecule has 1 amide bonds. The SMILES string of the molecule is Cc1ccn2cc(-c3ccc(NC(=O)c4ccccc4F)cc3)nc2n1. The maximum absolute atomic E-state index is 13.7. The molecule has 26 heavy (non-hydrogen) atoms. The molecule has 0 aliphatic carbocycles. The summed E-state index contributed by atoms with van der Waals surface area (Å²) in [7, 11) is 0. The summed E-state index contributed by atoms with van der Waals surface area (Å²) in [5.41, 5.74) is 3.19. The van der Waals surface area contributed by atoms with E-state index in [1.807, 2.05) is 41.9 Å². The molecule has 0 saturated heterocycles. The lowest BCUT2D eigenvalue weighted by molar-refractivity contribution is 0.102. The molecule has 0 saturated carbocycles. The summed E-state index contributed by atoms with van der Waals surface area (Å²) < 4.78 is 15.5. The third-order valence-corrected chi connectivity index (χ3v) is 4.02. The zero-order valence-corrected chi connectivity index (χ0v) is 14.0. The number of aromatic nitrogens is 3. The van der Waals surface area contributed by atoms with Gasteiger partial charge in [0, 0.05) is 29.3 Å². The molecular formula is C20H15FN4O. The van der Waals surface area contributed by atoms with Gasteiger partial charge in [0.25, 0.3) is 5.91 Å². The van der Waals surface area contributed by atoms with Crippen molar-refractivity contribution in [3.8, 4) is 11.3 Å². The normalized spacial score (nSPS) is 10.8. The van der Waals surface area contributed by atoms with Crippen LogP contribution in [0.1, 0.15) is 16.1 Å². The molecule has 0 bridgehead atoms. The second-order valence-electron chi connectivity index (χ2n) is 5.91. The fourth-order valence-electron chi connectivity index (χ4n) is 2.67. The smallest absolute Gasteiger partial charge is 0.258 e. The first-order valence-corrected chi connectivity index (χ1v) is 8.09. The number of fused-ring (bicyclic) bond motifs is 1. The zero-order valence-electron chi connectivity index (χ0n) is 14.0. The first-order valence-electron chi connectivity index (χ1n) is 8.09. The molecule has 2 aromatic carbocycles. The Morgan fingerprint density at radius 1 is 1.04 bits per heavy atom. The van der Waals surface area contributed by atoms with Gasteiger partial charge in [0.05, 0.1) is 11.3 Å². The molecule has 4 rings (SSSR count). The molecule has 0 aliphatic rings. The van der Waals surface area contributed by atoms with Crippen LogP contribution in [0.2, 0.25) is 0 Å². The summed E-state index contributed by atoms with van der Waals surface area (Å²) in [6.45, 7) is 1.92. The van der Waals surface area contributed by atoms with Crippen LogP contribution in [0.4, 0.5) is 10.1 Å². The Labute approximate surface area is 149 Å². The van der Waals surface area contributed by atoms with Gasteiger partial charge in [-0.2, -0.15) is 0 Å². The summed E-state index contributed by atoms with van der Waals surface area (Å²) in [5, 5.41) is 2.69. The number of benzene rings is 2. The largest absolute Gasteiger partial charge is 0.322 e. The summed E-state index contributed by atoms with van der Waals surface area (Å²) in [5.74, 6) is -0.394. The Morgan fingerprint density at radius 3 is 2.58 bits per heavy atom. The van der Waals surface area contributed by atoms with Crippen LogP contribution in [0.3, 0.4) is 0 Å². The average Bonchev–Trinajstić information content (AvgIpc) is 3.05. The van der Waals surface area contributed by atoms with E-state index in [9.17, 15) is 9.18 Å². The van der Waals surface area contributed by atoms with Gasteiger partial charge < -0.3 is 5.32 Å². The molecule has 2 aromatic heterocycles. The van der Waals surface area contributed by atoms with Gasteiger partial charge >= 0.3 is 0 Å². The number of rotatable bonds is 3. The number of aryl methyl sites for hydroxylation is 1. The Balaban J connectivity index is 1.56. The molecule has 0 unspecified atom stereocenters. The lowest BCUT2D eigenvalue weighted by atomic mass is 10.1. The highest BCUT2D eigenvalue weighted by molar-refractivity contribution is 6.04. The highest BCUT2D eigenvalue weighted by atomic mass is 19.1. The molecule has 0 radical (unpaired) electrons. The van der Waals surface area contributed by atoms with Crippen molar-refractivity contribution in [3.63, 3.8) is 0 Å². The Kier molecular flexibility index (Phi) is 3.93. The van der Waals surface area contributed by atoms with Crippen molar-refractivity contribution in [2.24, 2.45) is 0 Å². The lowest BCUT2D eigenvalue weighted by Gasteiger charge is -2.06. The molecule has 5 nitrogen and oxygen atoms in total. The van der Waals surface area contributed by atoms with E-state index in [2.05, 4.69) is 15.3 Å². The van der Waals surface area contributed by atoms with E-state index in [1.54, 1.807) is 24.3 Å². The third-order valence-electron chi connectivity index (χ3n) is 4.02. The quantitative estimate of drug-likeness (QED) is 0.608. The van der Waals surface area contributed by atoms with Gasteiger partial charge in [-0.05, 0) is 37.3 Å². The average molecular weight is 346 g/mol. The predicted octanol–water partition coefficient (Wildman–Crippen LogP) is 4.10. The van der Waals surface area contributed by atoms with Gasteiger partial charge in [-0.1, -0.05) is 24.3 Å². The molecule has 0 spiro atoms. The van der Waals surface area contributed by atoms with Crippen molar-refractivity contribution in [1.29, 1.82) is 0 Å². The molecule has 0 aliphatic heterocycles. The van der Waals surface area contributed by atoms with Crippen molar-refractivity contribution in [2.75, 3.05) is 5.32 Å². The summed E-state index contributed by atoms with van der Waals surface area (Å²) in [4.78, 5) is 21.1. The first kappa shape index (κ1) is 16.0. The van der Waals surface area contributed by atoms with Gasteiger partial charge in [0.1, 0.15) is 5.82 Å². The topological polar surface area (TPSA) is 59.3 Å². The Morgan fingerprint density at radius 2 is 1.81 bits per heavy atom. The number of carbonyl (C=O) groups excluding carboxylic acids is 1. The molecule has 6 heteroatoms. The number of anilines is 1. The van der Waals surface area contributed by atoms with E-state index < -0.39 is 11.7 Å². The van der Waals surface area contributed by atoms with Crippen molar-refractivity contribution in [1.82, 2.24) is 14.4 Å². The van der Waals surface area contributed by atoms with Gasteiger partial charge in [-0.25, -0.2) is 14.4 Å². The van der Waals surface area contributed by atoms with E-state index in [0.29, 0.717) is 11.5 Å². The molecule has 0 fully saturated rings. The van der Waals surface area contributed by atoms with Crippen LogP contribution < -0.4 is 5.32 Å². The number of carbonyl (C=O) groups is 1.